The molecule has 2 aromatic heterocycles. The fraction of sp³-hybridized carbons (Fsp3) is 0.200. The molecule has 3 rings (SSSR count). The summed E-state index contributed by atoms with van der Waals surface area (Å²) in [6.07, 6.45) is 0.00743. The molecule has 1 aromatic carbocycles. The average Bonchev–Trinajstić information content (AvgIpc) is 3.14. The third-order valence-electron chi connectivity index (χ3n) is 3.10. The van der Waals surface area contributed by atoms with E-state index in [-0.39, 0.29) is 30.6 Å². The molecule has 9 heteroatoms. The Balaban J connectivity index is 1.63. The Morgan fingerprint density at radius 1 is 1.21 bits per heavy atom. The summed E-state index contributed by atoms with van der Waals surface area (Å²) < 4.78 is 37.1. The second kappa shape index (κ2) is 6.57. The highest BCUT2D eigenvalue weighted by molar-refractivity contribution is 5.77. The predicted octanol–water partition coefficient (Wildman–Crippen LogP) is 2.17. The molecule has 2 heterocycles. The van der Waals surface area contributed by atoms with E-state index < -0.39 is 17.2 Å². The number of hydrogen-bond acceptors (Lipinski definition) is 6. The van der Waals surface area contributed by atoms with Crippen molar-refractivity contribution < 1.29 is 22.6 Å². The van der Waals surface area contributed by atoms with Gasteiger partial charge in [0.2, 0.25) is 5.91 Å². The Morgan fingerprint density at radius 2 is 1.96 bits per heavy atom. The minimum Gasteiger partial charge on any atom is -0.361 e. The lowest BCUT2D eigenvalue weighted by molar-refractivity contribution is -0.120. The van der Waals surface area contributed by atoms with Gasteiger partial charge < -0.3 is 14.4 Å². The van der Waals surface area contributed by atoms with E-state index in [1.54, 1.807) is 13.0 Å². The largest absolute Gasteiger partial charge is 0.361 e. The van der Waals surface area contributed by atoms with Gasteiger partial charge in [0.05, 0.1) is 18.7 Å². The first-order chi connectivity index (χ1) is 11.5. The van der Waals surface area contributed by atoms with Gasteiger partial charge in [-0.2, -0.15) is 4.98 Å². The van der Waals surface area contributed by atoms with Crippen molar-refractivity contribution in [2.75, 3.05) is 0 Å². The van der Waals surface area contributed by atoms with Crippen molar-refractivity contribution in [1.82, 2.24) is 20.6 Å². The second-order valence-corrected chi connectivity index (χ2v) is 5.00. The molecule has 0 aliphatic rings. The summed E-state index contributed by atoms with van der Waals surface area (Å²) in [7, 11) is 0. The third kappa shape index (κ3) is 3.45. The first-order valence-corrected chi connectivity index (χ1v) is 6.99. The lowest BCUT2D eigenvalue weighted by atomic mass is 10.2. The van der Waals surface area contributed by atoms with Crippen molar-refractivity contribution in [2.45, 2.75) is 19.9 Å². The van der Waals surface area contributed by atoms with Gasteiger partial charge >= 0.3 is 0 Å². The molecular formula is C15H12F2N4O3. The van der Waals surface area contributed by atoms with Crippen molar-refractivity contribution in [3.05, 3.63) is 53.2 Å². The van der Waals surface area contributed by atoms with Crippen molar-refractivity contribution >= 4 is 5.91 Å². The number of benzene rings is 1. The van der Waals surface area contributed by atoms with E-state index in [0.29, 0.717) is 11.5 Å². The Morgan fingerprint density at radius 3 is 2.62 bits per heavy atom. The molecule has 0 spiro atoms. The summed E-state index contributed by atoms with van der Waals surface area (Å²) in [6, 6.07) is 5.05. The fourth-order valence-corrected chi connectivity index (χ4v) is 2.03. The van der Waals surface area contributed by atoms with Crippen LogP contribution < -0.4 is 5.32 Å². The summed E-state index contributed by atoms with van der Waals surface area (Å²) in [5.74, 6) is -1.73. The van der Waals surface area contributed by atoms with Gasteiger partial charge in [-0.25, -0.2) is 8.78 Å². The Kier molecular flexibility index (Phi) is 4.32. The highest BCUT2D eigenvalue weighted by Crippen LogP contribution is 2.24. The molecular weight excluding hydrogens is 322 g/mol. The standard InChI is InChI=1S/C15H12F2N4O3/c1-8-5-9(23-20-8)6-13(22)18-7-12-19-15(24-21-12)14-10(16)3-2-4-11(14)17/h2-5H,6-7H2,1H3,(H,18,22). The number of nitrogens with one attached hydrogen (secondary N) is 1. The maximum atomic E-state index is 13.6. The van der Waals surface area contributed by atoms with Crippen molar-refractivity contribution in [2.24, 2.45) is 0 Å². The van der Waals surface area contributed by atoms with Gasteiger partial charge in [0.15, 0.2) is 5.82 Å². The minimum absolute atomic E-state index is 0.00743. The van der Waals surface area contributed by atoms with Crippen molar-refractivity contribution in [3.8, 4) is 11.5 Å². The zero-order valence-electron chi connectivity index (χ0n) is 12.5. The van der Waals surface area contributed by atoms with Gasteiger partial charge in [0.1, 0.15) is 23.0 Å². The summed E-state index contributed by atoms with van der Waals surface area (Å²) in [5.41, 5.74) is 0.271. The summed E-state index contributed by atoms with van der Waals surface area (Å²) >= 11 is 0. The smallest absolute Gasteiger partial charge is 0.263 e. The molecule has 0 atom stereocenters. The second-order valence-electron chi connectivity index (χ2n) is 5.00. The number of aromatic nitrogens is 3. The summed E-state index contributed by atoms with van der Waals surface area (Å²) in [4.78, 5) is 15.7. The maximum Gasteiger partial charge on any atom is 0.263 e. The molecule has 0 saturated carbocycles. The lowest BCUT2D eigenvalue weighted by Gasteiger charge is -1.99. The summed E-state index contributed by atoms with van der Waals surface area (Å²) in [5, 5.41) is 9.82. The Labute approximate surface area is 134 Å². The number of aryl methyl sites for hydroxylation is 1. The van der Waals surface area contributed by atoms with Crippen LogP contribution in [0.5, 0.6) is 0 Å². The SMILES string of the molecule is Cc1cc(CC(=O)NCc2noc(-c3c(F)cccc3F)n2)on1. The third-order valence-corrected chi connectivity index (χ3v) is 3.10. The van der Waals surface area contributed by atoms with E-state index in [1.807, 2.05) is 0 Å². The van der Waals surface area contributed by atoms with Crippen molar-refractivity contribution in [1.29, 1.82) is 0 Å². The van der Waals surface area contributed by atoms with Crippen LogP contribution in [-0.4, -0.2) is 21.2 Å². The summed E-state index contributed by atoms with van der Waals surface area (Å²) in [6.45, 7) is 1.69. The number of halogens is 2. The highest BCUT2D eigenvalue weighted by Gasteiger charge is 2.18. The minimum atomic E-state index is -0.810. The molecule has 0 radical (unpaired) electrons. The Hall–Kier alpha value is -3.10. The van der Waals surface area contributed by atoms with Crippen LogP contribution in [0.4, 0.5) is 8.78 Å². The molecule has 0 aliphatic heterocycles. The lowest BCUT2D eigenvalue weighted by Crippen LogP contribution is -2.24. The molecule has 0 aliphatic carbocycles. The molecule has 1 amide bonds. The molecule has 7 nitrogen and oxygen atoms in total. The van der Waals surface area contributed by atoms with E-state index >= 15 is 0 Å². The van der Waals surface area contributed by atoms with Gasteiger partial charge in [0, 0.05) is 6.07 Å². The fourth-order valence-electron chi connectivity index (χ4n) is 2.03. The van der Waals surface area contributed by atoms with E-state index in [1.165, 1.54) is 6.07 Å². The van der Waals surface area contributed by atoms with E-state index in [2.05, 4.69) is 20.6 Å². The zero-order valence-corrected chi connectivity index (χ0v) is 12.5. The number of rotatable bonds is 5. The van der Waals surface area contributed by atoms with Gasteiger partial charge in [0.25, 0.3) is 5.89 Å². The molecule has 0 bridgehead atoms. The number of hydrogen-bond donors (Lipinski definition) is 1. The molecule has 1 N–H and O–H groups in total. The van der Waals surface area contributed by atoms with Crippen LogP contribution in [0.3, 0.4) is 0 Å². The van der Waals surface area contributed by atoms with Crippen LogP contribution in [0.25, 0.3) is 11.5 Å². The van der Waals surface area contributed by atoms with E-state index in [9.17, 15) is 13.6 Å². The van der Waals surface area contributed by atoms with Crippen LogP contribution in [0.1, 0.15) is 17.3 Å². The molecule has 0 unspecified atom stereocenters. The molecule has 0 fully saturated rings. The number of amides is 1. The maximum absolute atomic E-state index is 13.6. The number of nitrogens with zero attached hydrogens (tertiary/aromatic N) is 3. The highest BCUT2D eigenvalue weighted by atomic mass is 19.1. The topological polar surface area (TPSA) is 94.1 Å². The van der Waals surface area contributed by atoms with Gasteiger partial charge in [-0.05, 0) is 19.1 Å². The van der Waals surface area contributed by atoms with Crippen LogP contribution >= 0.6 is 0 Å². The van der Waals surface area contributed by atoms with E-state index in [0.717, 1.165) is 12.1 Å². The van der Waals surface area contributed by atoms with Crippen LogP contribution in [0, 0.1) is 18.6 Å². The monoisotopic (exact) mass is 334 g/mol. The molecule has 0 saturated heterocycles. The first-order valence-electron chi connectivity index (χ1n) is 6.99. The number of carbonyl (C=O) groups excluding carboxylic acids is 1. The van der Waals surface area contributed by atoms with Crippen LogP contribution in [0.2, 0.25) is 0 Å². The molecule has 3 aromatic rings. The average molecular weight is 334 g/mol. The molecule has 124 valence electrons. The van der Waals surface area contributed by atoms with Gasteiger partial charge in [-0.1, -0.05) is 16.4 Å². The number of carbonyl (C=O) groups is 1. The van der Waals surface area contributed by atoms with Gasteiger partial charge in [-0.3, -0.25) is 4.79 Å². The quantitative estimate of drug-likeness (QED) is 0.768. The molecule has 24 heavy (non-hydrogen) atoms. The van der Waals surface area contributed by atoms with E-state index in [4.69, 9.17) is 9.05 Å². The predicted molar refractivity (Wildman–Crippen MR) is 76.4 cm³/mol. The van der Waals surface area contributed by atoms with Crippen LogP contribution in [-0.2, 0) is 17.8 Å². The van der Waals surface area contributed by atoms with Crippen molar-refractivity contribution in [3.63, 3.8) is 0 Å². The normalized spacial score (nSPS) is 10.8. The van der Waals surface area contributed by atoms with Crippen LogP contribution in [0.15, 0.2) is 33.3 Å². The zero-order chi connectivity index (χ0) is 17.1. The first kappa shape index (κ1) is 15.8. The Bertz CT molecular complexity index is 855. The van der Waals surface area contributed by atoms with Gasteiger partial charge in [-0.15, -0.1) is 0 Å².